The number of amides is 1. The molecule has 1 N–H and O–H groups in total. The van der Waals surface area contributed by atoms with Crippen molar-refractivity contribution in [3.8, 4) is 11.6 Å². The minimum Gasteiger partial charge on any atom is -0.452 e. The van der Waals surface area contributed by atoms with E-state index in [9.17, 15) is 4.79 Å². The lowest BCUT2D eigenvalue weighted by molar-refractivity contribution is 0.0883. The SMILES string of the molecule is Cc1c(-c2noc(C(=O)NC3CCCCC3)n2)oc2c(C)cccc12. The van der Waals surface area contributed by atoms with Crippen LogP contribution in [0.5, 0.6) is 0 Å². The number of hydrogen-bond acceptors (Lipinski definition) is 5. The van der Waals surface area contributed by atoms with Gasteiger partial charge in [0.2, 0.25) is 5.82 Å². The molecule has 0 saturated heterocycles. The van der Waals surface area contributed by atoms with E-state index < -0.39 is 0 Å². The molecule has 0 unspecified atom stereocenters. The lowest BCUT2D eigenvalue weighted by Crippen LogP contribution is -2.36. The van der Waals surface area contributed by atoms with Gasteiger partial charge in [-0.1, -0.05) is 42.6 Å². The Morgan fingerprint density at radius 2 is 2.00 bits per heavy atom. The molecule has 2 aromatic heterocycles. The highest BCUT2D eigenvalue weighted by Gasteiger charge is 2.24. The number of rotatable bonds is 3. The van der Waals surface area contributed by atoms with E-state index in [-0.39, 0.29) is 17.8 Å². The molecule has 1 amide bonds. The molecule has 1 aliphatic carbocycles. The molecule has 1 fully saturated rings. The molecule has 6 nitrogen and oxygen atoms in total. The Balaban J connectivity index is 1.60. The molecule has 130 valence electrons. The molecule has 2 heterocycles. The largest absolute Gasteiger partial charge is 0.452 e. The summed E-state index contributed by atoms with van der Waals surface area (Å²) >= 11 is 0. The lowest BCUT2D eigenvalue weighted by Gasteiger charge is -2.21. The van der Waals surface area contributed by atoms with Crippen LogP contribution in [0, 0.1) is 13.8 Å². The molecule has 4 rings (SSSR count). The van der Waals surface area contributed by atoms with Crippen molar-refractivity contribution >= 4 is 16.9 Å². The zero-order chi connectivity index (χ0) is 17.4. The van der Waals surface area contributed by atoms with E-state index >= 15 is 0 Å². The number of fused-ring (bicyclic) bond motifs is 1. The van der Waals surface area contributed by atoms with Crippen LogP contribution in [0.25, 0.3) is 22.6 Å². The molecule has 25 heavy (non-hydrogen) atoms. The van der Waals surface area contributed by atoms with Crippen LogP contribution < -0.4 is 5.32 Å². The summed E-state index contributed by atoms with van der Waals surface area (Å²) < 4.78 is 11.1. The van der Waals surface area contributed by atoms with E-state index in [1.165, 1.54) is 6.42 Å². The highest BCUT2D eigenvalue weighted by Crippen LogP contribution is 2.33. The predicted molar refractivity (Wildman–Crippen MR) is 93.3 cm³/mol. The van der Waals surface area contributed by atoms with Gasteiger partial charge in [-0.25, -0.2) is 0 Å². The van der Waals surface area contributed by atoms with Gasteiger partial charge in [-0.3, -0.25) is 4.79 Å². The Labute approximate surface area is 145 Å². The fraction of sp³-hybridized carbons (Fsp3) is 0.421. The third-order valence-corrected chi connectivity index (χ3v) is 4.92. The minimum absolute atomic E-state index is 0.0165. The number of para-hydroxylation sites is 1. The monoisotopic (exact) mass is 339 g/mol. The van der Waals surface area contributed by atoms with Gasteiger partial charge in [-0.05, 0) is 32.3 Å². The van der Waals surface area contributed by atoms with Crippen LogP contribution in [0.1, 0.15) is 53.9 Å². The van der Waals surface area contributed by atoms with Crippen LogP contribution >= 0.6 is 0 Å². The number of aromatic nitrogens is 2. The number of carbonyl (C=O) groups excluding carboxylic acids is 1. The van der Waals surface area contributed by atoms with E-state index in [2.05, 4.69) is 15.5 Å². The number of benzene rings is 1. The first-order chi connectivity index (χ1) is 12.1. The van der Waals surface area contributed by atoms with Gasteiger partial charge >= 0.3 is 11.8 Å². The molecular formula is C19H21N3O3. The molecule has 1 aromatic carbocycles. The van der Waals surface area contributed by atoms with E-state index in [1.54, 1.807) is 0 Å². The standard InChI is InChI=1S/C19H21N3O3/c1-11-7-6-10-14-12(2)16(24-15(11)14)17-21-19(25-22-17)18(23)20-13-8-4-3-5-9-13/h6-7,10,13H,3-5,8-9H2,1-2H3,(H,20,23). The first-order valence-corrected chi connectivity index (χ1v) is 8.77. The fourth-order valence-corrected chi connectivity index (χ4v) is 3.50. The van der Waals surface area contributed by atoms with Gasteiger partial charge in [-0.15, -0.1) is 0 Å². The summed E-state index contributed by atoms with van der Waals surface area (Å²) in [5.41, 5.74) is 2.80. The number of furan rings is 1. The number of hydrogen-bond donors (Lipinski definition) is 1. The smallest absolute Gasteiger partial charge is 0.316 e. The Hall–Kier alpha value is -2.63. The third-order valence-electron chi connectivity index (χ3n) is 4.92. The average Bonchev–Trinajstić information content (AvgIpc) is 3.22. The van der Waals surface area contributed by atoms with Crippen LogP contribution in [-0.2, 0) is 0 Å². The maximum absolute atomic E-state index is 12.3. The van der Waals surface area contributed by atoms with Crippen molar-refractivity contribution in [2.75, 3.05) is 0 Å². The Morgan fingerprint density at radius 3 is 2.76 bits per heavy atom. The molecule has 1 aliphatic rings. The summed E-state index contributed by atoms with van der Waals surface area (Å²) in [5.74, 6) is 0.527. The summed E-state index contributed by atoms with van der Waals surface area (Å²) in [6, 6.07) is 6.19. The maximum atomic E-state index is 12.3. The van der Waals surface area contributed by atoms with Crippen molar-refractivity contribution < 1.29 is 13.7 Å². The summed E-state index contributed by atoms with van der Waals surface area (Å²) in [5, 5.41) is 7.95. The molecule has 0 aliphatic heterocycles. The second-order valence-corrected chi connectivity index (χ2v) is 6.74. The Kier molecular flexibility index (Phi) is 4.03. The van der Waals surface area contributed by atoms with E-state index in [0.29, 0.717) is 11.6 Å². The van der Waals surface area contributed by atoms with Crippen molar-refractivity contribution in [3.05, 3.63) is 35.2 Å². The van der Waals surface area contributed by atoms with Crippen molar-refractivity contribution in [1.29, 1.82) is 0 Å². The highest BCUT2D eigenvalue weighted by molar-refractivity contribution is 5.91. The molecule has 0 atom stereocenters. The fourth-order valence-electron chi connectivity index (χ4n) is 3.50. The zero-order valence-electron chi connectivity index (χ0n) is 14.5. The van der Waals surface area contributed by atoms with Crippen molar-refractivity contribution in [2.45, 2.75) is 52.0 Å². The number of nitrogens with zero attached hydrogens (tertiary/aromatic N) is 2. The van der Waals surface area contributed by atoms with Gasteiger partial charge in [0.15, 0.2) is 5.76 Å². The van der Waals surface area contributed by atoms with Gasteiger partial charge in [0.05, 0.1) is 0 Å². The molecular weight excluding hydrogens is 318 g/mol. The average molecular weight is 339 g/mol. The number of carbonyl (C=O) groups is 1. The molecule has 0 spiro atoms. The second-order valence-electron chi connectivity index (χ2n) is 6.74. The summed E-state index contributed by atoms with van der Waals surface area (Å²) in [4.78, 5) is 16.6. The topological polar surface area (TPSA) is 81.2 Å². The van der Waals surface area contributed by atoms with Gasteiger partial charge in [0.1, 0.15) is 5.58 Å². The lowest BCUT2D eigenvalue weighted by atomic mass is 9.95. The summed E-state index contributed by atoms with van der Waals surface area (Å²) in [7, 11) is 0. The number of nitrogens with one attached hydrogen (secondary N) is 1. The molecule has 6 heteroatoms. The van der Waals surface area contributed by atoms with E-state index in [1.807, 2.05) is 32.0 Å². The van der Waals surface area contributed by atoms with Crippen molar-refractivity contribution in [1.82, 2.24) is 15.5 Å². The Bertz CT molecular complexity index is 919. The molecule has 1 saturated carbocycles. The minimum atomic E-state index is -0.310. The molecule has 0 radical (unpaired) electrons. The molecule has 3 aromatic rings. The van der Waals surface area contributed by atoms with Crippen LogP contribution in [0.2, 0.25) is 0 Å². The third kappa shape index (κ3) is 2.92. The van der Waals surface area contributed by atoms with Gasteiger partial charge in [-0.2, -0.15) is 4.98 Å². The van der Waals surface area contributed by atoms with Crippen LogP contribution in [0.3, 0.4) is 0 Å². The van der Waals surface area contributed by atoms with E-state index in [4.69, 9.17) is 8.94 Å². The van der Waals surface area contributed by atoms with E-state index in [0.717, 1.165) is 47.8 Å². The van der Waals surface area contributed by atoms with Crippen LogP contribution in [-0.4, -0.2) is 22.1 Å². The van der Waals surface area contributed by atoms with Crippen molar-refractivity contribution in [2.24, 2.45) is 0 Å². The van der Waals surface area contributed by atoms with Crippen molar-refractivity contribution in [3.63, 3.8) is 0 Å². The normalized spacial score (nSPS) is 15.6. The Morgan fingerprint density at radius 1 is 1.20 bits per heavy atom. The first-order valence-electron chi connectivity index (χ1n) is 8.77. The van der Waals surface area contributed by atoms with Crippen LogP contribution in [0.4, 0.5) is 0 Å². The van der Waals surface area contributed by atoms with Crippen LogP contribution in [0.15, 0.2) is 27.1 Å². The van der Waals surface area contributed by atoms with Gasteiger partial charge in [0.25, 0.3) is 0 Å². The van der Waals surface area contributed by atoms with Gasteiger partial charge < -0.3 is 14.3 Å². The zero-order valence-corrected chi connectivity index (χ0v) is 14.5. The first kappa shape index (κ1) is 15.9. The van der Waals surface area contributed by atoms with Gasteiger partial charge in [0, 0.05) is 17.0 Å². The molecule has 0 bridgehead atoms. The predicted octanol–water partition coefficient (Wildman–Crippen LogP) is 4.16. The number of aryl methyl sites for hydroxylation is 2. The summed E-state index contributed by atoms with van der Waals surface area (Å²) in [6.45, 7) is 3.95. The second kappa shape index (κ2) is 6.35. The quantitative estimate of drug-likeness (QED) is 0.775. The maximum Gasteiger partial charge on any atom is 0.316 e. The highest BCUT2D eigenvalue weighted by atomic mass is 16.5. The summed E-state index contributed by atoms with van der Waals surface area (Å²) in [6.07, 6.45) is 5.56.